The molecule has 0 aliphatic heterocycles. The van der Waals surface area contributed by atoms with Crippen molar-refractivity contribution in [3.05, 3.63) is 29.6 Å². The van der Waals surface area contributed by atoms with Gasteiger partial charge in [-0.15, -0.1) is 0 Å². The molecule has 0 aliphatic rings. The molecule has 1 rings (SSSR count). The molecule has 1 unspecified atom stereocenters. The monoisotopic (exact) mass is 213 g/mol. The Morgan fingerprint density at radius 2 is 2.33 bits per heavy atom. The first-order valence-electron chi connectivity index (χ1n) is 4.36. The van der Waals surface area contributed by atoms with Crippen molar-refractivity contribution in [3.8, 4) is 5.75 Å². The number of carbonyl (C=O) groups is 1. The molecule has 5 heteroatoms. The van der Waals surface area contributed by atoms with E-state index in [2.05, 4.69) is 4.74 Å². The number of methoxy groups -OCH3 is 1. The quantitative estimate of drug-likeness (QED) is 0.726. The molecule has 15 heavy (non-hydrogen) atoms. The van der Waals surface area contributed by atoms with E-state index in [1.54, 1.807) is 0 Å². The summed E-state index contributed by atoms with van der Waals surface area (Å²) in [6, 6.07) is 3.69. The second-order valence-corrected chi connectivity index (χ2v) is 3.02. The average molecular weight is 213 g/mol. The van der Waals surface area contributed by atoms with Crippen LogP contribution in [-0.2, 0) is 9.53 Å². The molecule has 0 saturated heterocycles. The van der Waals surface area contributed by atoms with Crippen molar-refractivity contribution < 1.29 is 19.0 Å². The number of aromatic hydroxyl groups is 1. The molecule has 0 radical (unpaired) electrons. The third kappa shape index (κ3) is 2.44. The van der Waals surface area contributed by atoms with Crippen LogP contribution in [0.3, 0.4) is 0 Å². The Morgan fingerprint density at radius 1 is 1.67 bits per heavy atom. The number of esters is 1. The van der Waals surface area contributed by atoms with Crippen LogP contribution in [-0.4, -0.2) is 24.7 Å². The zero-order chi connectivity index (χ0) is 11.4. The fourth-order valence-corrected chi connectivity index (χ4v) is 1.25. The van der Waals surface area contributed by atoms with Crippen LogP contribution >= 0.6 is 0 Å². The predicted molar refractivity (Wildman–Crippen MR) is 51.9 cm³/mol. The molecule has 1 atom stereocenters. The molecule has 0 spiro atoms. The number of benzene rings is 1. The van der Waals surface area contributed by atoms with Crippen LogP contribution in [0.4, 0.5) is 4.39 Å². The van der Waals surface area contributed by atoms with Crippen molar-refractivity contribution >= 4 is 5.97 Å². The van der Waals surface area contributed by atoms with Gasteiger partial charge >= 0.3 is 5.97 Å². The molecule has 0 aliphatic carbocycles. The third-order valence-electron chi connectivity index (χ3n) is 2.10. The highest BCUT2D eigenvalue weighted by Gasteiger charge is 2.20. The van der Waals surface area contributed by atoms with E-state index in [-0.39, 0.29) is 6.54 Å². The lowest BCUT2D eigenvalue weighted by Crippen LogP contribution is -2.22. The molecule has 0 amide bonds. The van der Waals surface area contributed by atoms with Crippen LogP contribution < -0.4 is 5.73 Å². The van der Waals surface area contributed by atoms with E-state index in [1.807, 2.05) is 0 Å². The van der Waals surface area contributed by atoms with Crippen molar-refractivity contribution in [1.82, 2.24) is 0 Å². The zero-order valence-electron chi connectivity index (χ0n) is 8.24. The lowest BCUT2D eigenvalue weighted by Gasteiger charge is -2.12. The molecule has 4 nitrogen and oxygen atoms in total. The summed E-state index contributed by atoms with van der Waals surface area (Å²) in [5.74, 6) is -2.47. The Hall–Kier alpha value is -1.62. The average Bonchev–Trinajstić information content (AvgIpc) is 2.24. The number of halogens is 1. The molecule has 0 heterocycles. The highest BCUT2D eigenvalue weighted by Crippen LogP contribution is 2.22. The van der Waals surface area contributed by atoms with Crippen LogP contribution in [0.1, 0.15) is 11.5 Å². The van der Waals surface area contributed by atoms with Crippen LogP contribution in [0.5, 0.6) is 5.75 Å². The molecule has 0 bridgehead atoms. The van der Waals surface area contributed by atoms with E-state index in [0.717, 1.165) is 6.07 Å². The summed E-state index contributed by atoms with van der Waals surface area (Å²) in [6.07, 6.45) is 0. The summed E-state index contributed by atoms with van der Waals surface area (Å²) >= 11 is 0. The summed E-state index contributed by atoms with van der Waals surface area (Å²) in [5.41, 5.74) is 5.77. The first kappa shape index (κ1) is 11.5. The van der Waals surface area contributed by atoms with Gasteiger partial charge in [-0.05, 0) is 17.7 Å². The second kappa shape index (κ2) is 4.75. The van der Waals surface area contributed by atoms with Gasteiger partial charge in [0.15, 0.2) is 11.6 Å². The minimum atomic E-state index is -0.783. The summed E-state index contributed by atoms with van der Waals surface area (Å²) in [5, 5.41) is 8.97. The first-order valence-corrected chi connectivity index (χ1v) is 4.36. The predicted octanol–water partition coefficient (Wildman–Crippen LogP) is 0.747. The molecule has 0 fully saturated rings. The molecule has 1 aromatic rings. The van der Waals surface area contributed by atoms with Crippen molar-refractivity contribution in [3.63, 3.8) is 0 Å². The first-order chi connectivity index (χ1) is 7.10. The zero-order valence-corrected chi connectivity index (χ0v) is 8.24. The highest BCUT2D eigenvalue weighted by molar-refractivity contribution is 5.78. The summed E-state index contributed by atoms with van der Waals surface area (Å²) in [6.45, 7) is 0.0247. The van der Waals surface area contributed by atoms with Crippen molar-refractivity contribution in [1.29, 1.82) is 0 Å². The van der Waals surface area contributed by atoms with Gasteiger partial charge in [-0.2, -0.15) is 0 Å². The summed E-state index contributed by atoms with van der Waals surface area (Å²) in [4.78, 5) is 11.3. The van der Waals surface area contributed by atoms with E-state index >= 15 is 0 Å². The molecule has 3 N–H and O–H groups in total. The second-order valence-electron chi connectivity index (χ2n) is 3.02. The van der Waals surface area contributed by atoms with E-state index in [0.29, 0.717) is 5.56 Å². The molecule has 0 saturated carbocycles. The van der Waals surface area contributed by atoms with E-state index < -0.39 is 23.5 Å². The van der Waals surface area contributed by atoms with Crippen LogP contribution in [0.15, 0.2) is 18.2 Å². The Kier molecular flexibility index (Phi) is 3.62. The van der Waals surface area contributed by atoms with Crippen molar-refractivity contribution in [2.24, 2.45) is 5.73 Å². The Morgan fingerprint density at radius 3 is 2.80 bits per heavy atom. The van der Waals surface area contributed by atoms with Gasteiger partial charge in [-0.1, -0.05) is 6.07 Å². The van der Waals surface area contributed by atoms with Crippen molar-refractivity contribution in [2.45, 2.75) is 5.92 Å². The fourth-order valence-electron chi connectivity index (χ4n) is 1.25. The van der Waals surface area contributed by atoms with Gasteiger partial charge in [0.05, 0.1) is 13.0 Å². The number of ether oxygens (including phenoxy) is 1. The molecular formula is C10H12FNO3. The minimum absolute atomic E-state index is 0.0247. The van der Waals surface area contributed by atoms with Gasteiger partial charge in [-0.3, -0.25) is 4.79 Å². The number of hydrogen-bond donors (Lipinski definition) is 2. The van der Waals surface area contributed by atoms with E-state index in [4.69, 9.17) is 10.8 Å². The topological polar surface area (TPSA) is 72.5 Å². The number of carbonyl (C=O) groups excluding carboxylic acids is 1. The Labute approximate surface area is 86.5 Å². The minimum Gasteiger partial charge on any atom is -0.505 e. The smallest absolute Gasteiger partial charge is 0.314 e. The SMILES string of the molecule is COC(=O)C(CN)c1ccc(O)c(F)c1. The van der Waals surface area contributed by atoms with E-state index in [1.165, 1.54) is 19.2 Å². The summed E-state index contributed by atoms with van der Waals surface area (Å²) in [7, 11) is 1.24. The highest BCUT2D eigenvalue weighted by atomic mass is 19.1. The Bertz CT molecular complexity index is 368. The standard InChI is InChI=1S/C10H12FNO3/c1-15-10(14)7(5-12)6-2-3-9(13)8(11)4-6/h2-4,7,13H,5,12H2,1H3. The maximum atomic E-state index is 13.0. The lowest BCUT2D eigenvalue weighted by atomic mass is 9.99. The van der Waals surface area contributed by atoms with Gasteiger partial charge in [0.2, 0.25) is 0 Å². The molecule has 0 aromatic heterocycles. The molecule has 82 valence electrons. The number of phenolic OH excluding ortho intramolecular Hbond substituents is 1. The Balaban J connectivity index is 3.02. The maximum Gasteiger partial charge on any atom is 0.314 e. The van der Waals surface area contributed by atoms with Gasteiger partial charge in [-0.25, -0.2) is 4.39 Å². The third-order valence-corrected chi connectivity index (χ3v) is 2.10. The van der Waals surface area contributed by atoms with E-state index in [9.17, 15) is 9.18 Å². The van der Waals surface area contributed by atoms with Crippen LogP contribution in [0.25, 0.3) is 0 Å². The van der Waals surface area contributed by atoms with Crippen LogP contribution in [0.2, 0.25) is 0 Å². The van der Waals surface area contributed by atoms with Gasteiger partial charge in [0.25, 0.3) is 0 Å². The van der Waals surface area contributed by atoms with Gasteiger partial charge in [0.1, 0.15) is 0 Å². The number of hydrogen-bond acceptors (Lipinski definition) is 4. The largest absolute Gasteiger partial charge is 0.505 e. The number of rotatable bonds is 3. The number of nitrogens with two attached hydrogens (primary N) is 1. The van der Waals surface area contributed by atoms with Gasteiger partial charge in [0, 0.05) is 6.54 Å². The maximum absolute atomic E-state index is 13.0. The fraction of sp³-hybridized carbons (Fsp3) is 0.300. The normalized spacial score (nSPS) is 12.2. The molecule has 1 aromatic carbocycles. The number of phenols is 1. The summed E-state index contributed by atoms with van der Waals surface area (Å²) < 4.78 is 17.5. The van der Waals surface area contributed by atoms with Crippen molar-refractivity contribution in [2.75, 3.05) is 13.7 Å². The molecular weight excluding hydrogens is 201 g/mol. The van der Waals surface area contributed by atoms with Crippen LogP contribution in [0, 0.1) is 5.82 Å². The lowest BCUT2D eigenvalue weighted by molar-refractivity contribution is -0.142. The van der Waals surface area contributed by atoms with Gasteiger partial charge < -0.3 is 15.6 Å².